The molecule has 4 N–H and O–H groups in total. The minimum atomic E-state index is -0.645. The lowest BCUT2D eigenvalue weighted by Gasteiger charge is -2.19. The summed E-state index contributed by atoms with van der Waals surface area (Å²) < 4.78 is 0. The fourth-order valence-electron chi connectivity index (χ4n) is 1.61. The highest BCUT2D eigenvalue weighted by Crippen LogP contribution is 2.14. The van der Waals surface area contributed by atoms with Crippen LogP contribution >= 0.6 is 35.3 Å². The van der Waals surface area contributed by atoms with E-state index in [9.17, 15) is 4.79 Å². The number of carbonyl (C=O) groups excluding carboxylic acids is 1. The largest absolute Gasteiger partial charge is 0.369 e. The van der Waals surface area contributed by atoms with Gasteiger partial charge >= 0.3 is 0 Å². The van der Waals surface area contributed by atoms with Crippen LogP contribution in [-0.2, 0) is 17.6 Å². The molecular weight excluding hydrogens is 425 g/mol. The molecule has 1 aromatic rings. The summed E-state index contributed by atoms with van der Waals surface area (Å²) >= 11 is 1.75. The second kappa shape index (κ2) is 10.8. The van der Waals surface area contributed by atoms with Gasteiger partial charge in [-0.25, -0.2) is 4.98 Å². The minimum absolute atomic E-state index is 0. The van der Waals surface area contributed by atoms with Crippen LogP contribution in [0.1, 0.15) is 37.6 Å². The summed E-state index contributed by atoms with van der Waals surface area (Å²) in [7, 11) is 0. The van der Waals surface area contributed by atoms with E-state index in [0.717, 1.165) is 30.9 Å². The maximum absolute atomic E-state index is 11.3. The fourth-order valence-corrected chi connectivity index (χ4v) is 2.47. The lowest BCUT2D eigenvalue weighted by molar-refractivity contribution is -0.125. The number of hydrogen-bond acceptors (Lipinski definition) is 4. The summed E-state index contributed by atoms with van der Waals surface area (Å²) in [5.74, 6) is 0.353. The molecule has 8 heteroatoms. The number of nitrogens with one attached hydrogen (secondary N) is 2. The Balaban J connectivity index is 0.00000484. The Morgan fingerprint density at radius 1 is 1.39 bits per heavy atom. The minimum Gasteiger partial charge on any atom is -0.369 e. The van der Waals surface area contributed by atoms with E-state index >= 15 is 0 Å². The van der Waals surface area contributed by atoms with Gasteiger partial charge in [0.1, 0.15) is 0 Å². The van der Waals surface area contributed by atoms with Crippen molar-refractivity contribution in [2.24, 2.45) is 16.1 Å². The lowest BCUT2D eigenvalue weighted by atomic mass is 9.93. The summed E-state index contributed by atoms with van der Waals surface area (Å²) in [6, 6.07) is 0. The average molecular weight is 453 g/mol. The first kappa shape index (κ1) is 22.1. The Bertz CT molecular complexity index is 516. The van der Waals surface area contributed by atoms with Gasteiger partial charge in [0, 0.05) is 30.6 Å². The van der Waals surface area contributed by atoms with Gasteiger partial charge < -0.3 is 16.4 Å². The Morgan fingerprint density at radius 3 is 2.61 bits per heavy atom. The molecule has 0 aliphatic rings. The highest BCUT2D eigenvalue weighted by Gasteiger charge is 2.24. The molecule has 0 fully saturated rings. The van der Waals surface area contributed by atoms with Gasteiger partial charge in [-0.05, 0) is 27.2 Å². The number of primary amides is 1. The summed E-state index contributed by atoms with van der Waals surface area (Å²) in [4.78, 5) is 21.5. The number of halogens is 1. The molecule has 0 bridgehead atoms. The first-order chi connectivity index (χ1) is 10.4. The van der Waals surface area contributed by atoms with Crippen LogP contribution in [0.15, 0.2) is 11.2 Å². The number of aliphatic imine (C=N–C) groups is 1. The number of hydrogen-bond donors (Lipinski definition) is 3. The average Bonchev–Trinajstić information content (AvgIpc) is 2.92. The van der Waals surface area contributed by atoms with Crippen molar-refractivity contribution in [3.05, 3.63) is 16.1 Å². The molecule has 23 heavy (non-hydrogen) atoms. The van der Waals surface area contributed by atoms with Gasteiger partial charge in [-0.15, -0.1) is 35.3 Å². The van der Waals surface area contributed by atoms with Crippen molar-refractivity contribution in [1.29, 1.82) is 0 Å². The quantitative estimate of drug-likeness (QED) is 0.319. The monoisotopic (exact) mass is 453 g/mol. The van der Waals surface area contributed by atoms with Crippen molar-refractivity contribution >= 4 is 47.2 Å². The molecule has 0 saturated carbocycles. The van der Waals surface area contributed by atoms with E-state index in [2.05, 4.69) is 27.5 Å². The van der Waals surface area contributed by atoms with E-state index in [1.54, 1.807) is 25.2 Å². The summed E-state index contributed by atoms with van der Waals surface area (Å²) in [5, 5.41) is 7.55. The van der Waals surface area contributed by atoms with Crippen molar-refractivity contribution in [3.8, 4) is 0 Å². The van der Waals surface area contributed by atoms with E-state index in [1.807, 2.05) is 13.1 Å². The Morgan fingerprint density at radius 2 is 2.09 bits per heavy atom. The molecule has 1 rings (SSSR count). The first-order valence-electron chi connectivity index (χ1n) is 7.64. The smallest absolute Gasteiger partial charge is 0.224 e. The Kier molecular flexibility index (Phi) is 10.4. The first-order valence-corrected chi connectivity index (χ1v) is 8.46. The highest BCUT2D eigenvalue weighted by molar-refractivity contribution is 14.0. The molecule has 0 atom stereocenters. The molecule has 1 heterocycles. The normalized spacial score (nSPS) is 11.7. The number of thiazole rings is 1. The number of guanidine groups is 1. The zero-order chi connectivity index (χ0) is 16.6. The zero-order valence-electron chi connectivity index (χ0n) is 14.3. The molecule has 1 aromatic heterocycles. The number of amides is 1. The maximum Gasteiger partial charge on any atom is 0.224 e. The van der Waals surface area contributed by atoms with Gasteiger partial charge in [0.25, 0.3) is 0 Å². The second-order valence-electron chi connectivity index (χ2n) is 5.69. The predicted molar refractivity (Wildman–Crippen MR) is 108 cm³/mol. The molecule has 132 valence electrons. The number of nitrogens with zero attached hydrogens (tertiary/aromatic N) is 2. The van der Waals surface area contributed by atoms with E-state index in [4.69, 9.17) is 5.73 Å². The van der Waals surface area contributed by atoms with Crippen molar-refractivity contribution < 1.29 is 4.79 Å². The van der Waals surface area contributed by atoms with Crippen molar-refractivity contribution in [2.75, 3.05) is 19.6 Å². The van der Waals surface area contributed by atoms with Crippen molar-refractivity contribution in [1.82, 2.24) is 15.6 Å². The van der Waals surface area contributed by atoms with Gasteiger partial charge in [0.05, 0.1) is 17.0 Å². The van der Waals surface area contributed by atoms with Crippen LogP contribution in [0.2, 0.25) is 0 Å². The number of carbonyl (C=O) groups is 1. The third-order valence-electron chi connectivity index (χ3n) is 3.22. The number of aryl methyl sites for hydroxylation is 1. The van der Waals surface area contributed by atoms with Gasteiger partial charge in [-0.1, -0.05) is 6.92 Å². The van der Waals surface area contributed by atoms with Crippen LogP contribution in [0, 0.1) is 5.41 Å². The molecule has 0 saturated heterocycles. The van der Waals surface area contributed by atoms with Crippen LogP contribution in [0.4, 0.5) is 0 Å². The summed E-state index contributed by atoms with van der Waals surface area (Å²) in [6.07, 6.45) is 3.82. The molecule has 6 nitrogen and oxygen atoms in total. The van der Waals surface area contributed by atoms with Crippen LogP contribution in [0.25, 0.3) is 0 Å². The third-order valence-corrected chi connectivity index (χ3v) is 4.43. The van der Waals surface area contributed by atoms with Crippen LogP contribution in [0.5, 0.6) is 0 Å². The van der Waals surface area contributed by atoms with Crippen molar-refractivity contribution in [2.45, 2.75) is 40.5 Å². The van der Waals surface area contributed by atoms with Crippen LogP contribution in [-0.4, -0.2) is 36.5 Å². The van der Waals surface area contributed by atoms with Crippen molar-refractivity contribution in [3.63, 3.8) is 0 Å². The number of nitrogens with two attached hydrogens (primary N) is 1. The highest BCUT2D eigenvalue weighted by atomic mass is 127. The number of rotatable bonds is 8. The van der Waals surface area contributed by atoms with Crippen LogP contribution in [0.3, 0.4) is 0 Å². The van der Waals surface area contributed by atoms with E-state index in [0.29, 0.717) is 12.5 Å². The molecule has 0 radical (unpaired) electrons. The molecule has 0 aliphatic heterocycles. The molecule has 0 unspecified atom stereocenters. The van der Waals surface area contributed by atoms with E-state index in [-0.39, 0.29) is 29.9 Å². The molecule has 0 aliphatic carbocycles. The van der Waals surface area contributed by atoms with E-state index < -0.39 is 5.41 Å². The Hall–Kier alpha value is -0.900. The number of aromatic nitrogens is 1. The SMILES string of the molecule is CCNC(=NCC(C)(C)C(N)=O)NCCc1ncc(CC)s1.I. The molecule has 1 amide bonds. The predicted octanol–water partition coefficient (Wildman–Crippen LogP) is 1.93. The van der Waals surface area contributed by atoms with Gasteiger partial charge in [0.2, 0.25) is 5.91 Å². The standard InChI is InChI=1S/C15H27N5OS.HI/c1-5-11-9-19-12(22-11)7-8-18-14(17-6-2)20-10-15(3,4)13(16)21;/h9H,5-8,10H2,1-4H3,(H2,16,21)(H2,17,18,20);1H. The topological polar surface area (TPSA) is 92.4 Å². The van der Waals surface area contributed by atoms with Crippen LogP contribution < -0.4 is 16.4 Å². The Labute approximate surface area is 159 Å². The third kappa shape index (κ3) is 7.96. The summed E-state index contributed by atoms with van der Waals surface area (Å²) in [6.45, 7) is 9.60. The van der Waals surface area contributed by atoms with Gasteiger partial charge in [-0.2, -0.15) is 0 Å². The fraction of sp³-hybridized carbons (Fsp3) is 0.667. The lowest BCUT2D eigenvalue weighted by Crippen LogP contribution is -2.40. The second-order valence-corrected chi connectivity index (χ2v) is 6.89. The molecule has 0 aromatic carbocycles. The van der Waals surface area contributed by atoms with Gasteiger partial charge in [0.15, 0.2) is 5.96 Å². The molecule has 0 spiro atoms. The molecular formula is C15H28IN5OS. The van der Waals surface area contributed by atoms with Gasteiger partial charge in [-0.3, -0.25) is 9.79 Å². The van der Waals surface area contributed by atoms with E-state index in [1.165, 1.54) is 4.88 Å². The maximum atomic E-state index is 11.3. The summed E-state index contributed by atoms with van der Waals surface area (Å²) in [5.41, 5.74) is 4.72. The zero-order valence-corrected chi connectivity index (χ0v) is 17.5.